The molecule has 0 saturated heterocycles. The number of rotatable bonds is 7. The quantitative estimate of drug-likeness (QED) is 0.123. The topological polar surface area (TPSA) is 34.1 Å². The number of hydrogen-bond donors (Lipinski definition) is 0. The second-order valence-electron chi connectivity index (χ2n) is 8.45. The van der Waals surface area contributed by atoms with Gasteiger partial charge in [0.1, 0.15) is 27.4 Å². The van der Waals surface area contributed by atoms with E-state index in [2.05, 4.69) is 6.58 Å². The molecule has 0 N–H and O–H groups in total. The minimum atomic E-state index is -4.10. The Morgan fingerprint density at radius 3 is 2.00 bits per heavy atom. The van der Waals surface area contributed by atoms with Gasteiger partial charge in [0.15, 0.2) is 14.7 Å². The SMILES string of the molecule is C=CCc1ccc([S+](c2ccccc2)c2cc(F)c3cc(F)ccc3c2S(=O)(=O)c2ccccc2)cc1. The molecule has 6 heteroatoms. The zero-order chi connectivity index (χ0) is 26.0. The number of sulfone groups is 1. The molecular weight excluding hydrogens is 506 g/mol. The molecular formula is C31H23F2O2S2+. The summed E-state index contributed by atoms with van der Waals surface area (Å²) in [6.45, 7) is 3.79. The number of benzene rings is 5. The van der Waals surface area contributed by atoms with E-state index in [0.717, 1.165) is 21.4 Å². The van der Waals surface area contributed by atoms with E-state index in [0.29, 0.717) is 11.3 Å². The van der Waals surface area contributed by atoms with Gasteiger partial charge in [-0.3, -0.25) is 0 Å². The summed E-state index contributed by atoms with van der Waals surface area (Å²) in [6.07, 6.45) is 2.51. The van der Waals surface area contributed by atoms with Crippen molar-refractivity contribution in [3.63, 3.8) is 0 Å². The molecule has 0 heterocycles. The Kier molecular flexibility index (Phi) is 6.96. The number of fused-ring (bicyclic) bond motifs is 1. The first-order valence-corrected chi connectivity index (χ1v) is 14.3. The fraction of sp³-hybridized carbons (Fsp3) is 0.0323. The van der Waals surface area contributed by atoms with Gasteiger partial charge in [0, 0.05) is 16.8 Å². The van der Waals surface area contributed by atoms with Crippen molar-refractivity contribution in [2.24, 2.45) is 0 Å². The van der Waals surface area contributed by atoms with Crippen LogP contribution in [-0.4, -0.2) is 8.42 Å². The summed E-state index contributed by atoms with van der Waals surface area (Å²) in [5.74, 6) is -1.31. The maximum Gasteiger partial charge on any atom is 0.212 e. The molecule has 1 atom stereocenters. The summed E-state index contributed by atoms with van der Waals surface area (Å²) in [4.78, 5) is 2.07. The van der Waals surface area contributed by atoms with Gasteiger partial charge in [0.2, 0.25) is 9.84 Å². The minimum absolute atomic E-state index is 0.0162. The van der Waals surface area contributed by atoms with E-state index in [1.54, 1.807) is 18.2 Å². The Hall–Kier alpha value is -3.74. The van der Waals surface area contributed by atoms with Crippen molar-refractivity contribution in [1.82, 2.24) is 0 Å². The molecule has 0 aliphatic heterocycles. The highest BCUT2D eigenvalue weighted by atomic mass is 32.2. The predicted octanol–water partition coefficient (Wildman–Crippen LogP) is 7.77. The Balaban J connectivity index is 1.87. The third kappa shape index (κ3) is 4.82. The Labute approximate surface area is 218 Å². The molecule has 0 aliphatic carbocycles. The maximum absolute atomic E-state index is 15.6. The summed E-state index contributed by atoms with van der Waals surface area (Å²) in [5.41, 5.74) is 1.06. The zero-order valence-electron chi connectivity index (χ0n) is 19.8. The summed E-state index contributed by atoms with van der Waals surface area (Å²) in [5, 5.41) is 0.0770. The summed E-state index contributed by atoms with van der Waals surface area (Å²) >= 11 is 0. The van der Waals surface area contributed by atoms with Crippen molar-refractivity contribution in [2.75, 3.05) is 0 Å². The van der Waals surface area contributed by atoms with E-state index < -0.39 is 32.4 Å². The monoisotopic (exact) mass is 529 g/mol. The van der Waals surface area contributed by atoms with Gasteiger partial charge in [-0.1, -0.05) is 54.6 Å². The molecule has 0 fully saturated rings. The largest absolute Gasteiger partial charge is 0.218 e. The Morgan fingerprint density at radius 1 is 0.730 bits per heavy atom. The van der Waals surface area contributed by atoms with Gasteiger partial charge in [-0.15, -0.1) is 6.58 Å². The second-order valence-corrected chi connectivity index (χ2v) is 12.3. The highest BCUT2D eigenvalue weighted by Crippen LogP contribution is 2.41. The molecule has 5 aromatic rings. The van der Waals surface area contributed by atoms with Crippen LogP contribution in [0.3, 0.4) is 0 Å². The molecule has 0 bridgehead atoms. The van der Waals surface area contributed by atoms with E-state index in [9.17, 15) is 12.8 Å². The smallest absolute Gasteiger partial charge is 0.212 e. The molecule has 37 heavy (non-hydrogen) atoms. The first-order valence-electron chi connectivity index (χ1n) is 11.6. The van der Waals surface area contributed by atoms with Gasteiger partial charge in [-0.25, -0.2) is 17.2 Å². The number of allylic oxidation sites excluding steroid dienone is 1. The van der Waals surface area contributed by atoms with Gasteiger partial charge >= 0.3 is 0 Å². The molecule has 184 valence electrons. The summed E-state index contributed by atoms with van der Waals surface area (Å²) < 4.78 is 58.0. The average molecular weight is 530 g/mol. The van der Waals surface area contributed by atoms with Crippen molar-refractivity contribution in [2.45, 2.75) is 30.9 Å². The van der Waals surface area contributed by atoms with Crippen molar-refractivity contribution in [1.29, 1.82) is 0 Å². The van der Waals surface area contributed by atoms with Gasteiger partial charge in [0.05, 0.1) is 4.90 Å². The molecule has 0 amide bonds. The van der Waals surface area contributed by atoms with Crippen LogP contribution < -0.4 is 0 Å². The fourth-order valence-corrected chi connectivity index (χ4v) is 8.58. The van der Waals surface area contributed by atoms with Crippen LogP contribution in [0.2, 0.25) is 0 Å². The van der Waals surface area contributed by atoms with E-state index in [-0.39, 0.29) is 20.6 Å². The molecule has 5 rings (SSSR count). The van der Waals surface area contributed by atoms with Crippen LogP contribution >= 0.6 is 0 Å². The normalized spacial score (nSPS) is 12.4. The van der Waals surface area contributed by atoms with Crippen molar-refractivity contribution in [3.8, 4) is 0 Å². The van der Waals surface area contributed by atoms with Crippen LogP contribution in [0.25, 0.3) is 10.8 Å². The third-order valence-corrected chi connectivity index (χ3v) is 10.3. The lowest BCUT2D eigenvalue weighted by Gasteiger charge is -2.16. The lowest BCUT2D eigenvalue weighted by Crippen LogP contribution is -2.13. The number of hydrogen-bond acceptors (Lipinski definition) is 2. The lowest BCUT2D eigenvalue weighted by atomic mass is 10.1. The summed E-state index contributed by atoms with van der Waals surface area (Å²) in [6, 6.07) is 30.2. The average Bonchev–Trinajstić information content (AvgIpc) is 2.91. The van der Waals surface area contributed by atoms with Crippen LogP contribution in [-0.2, 0) is 27.2 Å². The fourth-order valence-electron chi connectivity index (χ4n) is 4.32. The molecule has 2 nitrogen and oxygen atoms in total. The maximum atomic E-state index is 15.6. The highest BCUT2D eigenvalue weighted by molar-refractivity contribution is 7.98. The van der Waals surface area contributed by atoms with Crippen LogP contribution in [0.4, 0.5) is 8.78 Å². The summed E-state index contributed by atoms with van der Waals surface area (Å²) in [7, 11) is -5.07. The zero-order valence-corrected chi connectivity index (χ0v) is 21.4. The molecule has 0 spiro atoms. The van der Waals surface area contributed by atoms with Crippen LogP contribution in [0, 0.1) is 11.6 Å². The van der Waals surface area contributed by atoms with Gasteiger partial charge < -0.3 is 0 Å². The minimum Gasteiger partial charge on any atom is -0.218 e. The molecule has 0 saturated carbocycles. The van der Waals surface area contributed by atoms with Crippen molar-refractivity contribution < 1.29 is 17.2 Å². The molecule has 0 radical (unpaired) electrons. The molecule has 0 aromatic heterocycles. The van der Waals surface area contributed by atoms with E-state index in [1.807, 2.05) is 60.7 Å². The third-order valence-electron chi connectivity index (χ3n) is 6.03. The van der Waals surface area contributed by atoms with E-state index >= 15 is 4.39 Å². The first kappa shape index (κ1) is 24.9. The standard InChI is InChI=1S/C31H23F2O2S2/c1-2-9-22-14-17-25(18-15-22)36(24-10-5-3-6-11-24)30-21-29(33)28-20-23(32)16-19-27(28)31(30)37(34,35)26-12-7-4-8-13-26/h2-8,10-21H,1,9H2/q+1. The predicted molar refractivity (Wildman–Crippen MR) is 145 cm³/mol. The Morgan fingerprint density at radius 2 is 1.35 bits per heavy atom. The number of halogens is 2. The van der Waals surface area contributed by atoms with Gasteiger partial charge in [-0.05, 0) is 66.6 Å². The molecule has 1 unspecified atom stereocenters. The van der Waals surface area contributed by atoms with Crippen molar-refractivity contribution in [3.05, 3.63) is 139 Å². The van der Waals surface area contributed by atoms with E-state index in [1.165, 1.54) is 30.3 Å². The van der Waals surface area contributed by atoms with E-state index in [4.69, 9.17) is 0 Å². The van der Waals surface area contributed by atoms with Gasteiger partial charge in [-0.2, -0.15) is 0 Å². The molecule has 5 aromatic carbocycles. The second kappa shape index (κ2) is 10.3. The van der Waals surface area contributed by atoms with Crippen LogP contribution in [0.5, 0.6) is 0 Å². The Bertz CT molecular complexity index is 1680. The lowest BCUT2D eigenvalue weighted by molar-refractivity contribution is 0.593. The van der Waals surface area contributed by atoms with Crippen LogP contribution in [0.15, 0.2) is 146 Å². The van der Waals surface area contributed by atoms with Crippen LogP contribution in [0.1, 0.15) is 5.56 Å². The highest BCUT2D eigenvalue weighted by Gasteiger charge is 2.38. The first-order chi connectivity index (χ1) is 17.9. The van der Waals surface area contributed by atoms with Gasteiger partial charge in [0.25, 0.3) is 0 Å². The molecule has 0 aliphatic rings. The van der Waals surface area contributed by atoms with Crippen molar-refractivity contribution >= 4 is 31.5 Å².